The van der Waals surface area contributed by atoms with Crippen LogP contribution >= 0.6 is 0 Å². The Balaban J connectivity index is 2.21. The van der Waals surface area contributed by atoms with Crippen molar-refractivity contribution in [1.29, 1.82) is 0 Å². The molecule has 2 aromatic rings. The summed E-state index contributed by atoms with van der Waals surface area (Å²) >= 11 is 0. The van der Waals surface area contributed by atoms with Crippen LogP contribution in [-0.2, 0) is 0 Å². The molecule has 1 saturated carbocycles. The molecule has 0 unspecified atom stereocenters. The molecular weight excluding hydrogens is 160 g/mol. The second-order valence-electron chi connectivity index (χ2n) is 3.56. The van der Waals surface area contributed by atoms with E-state index in [1.807, 2.05) is 12.1 Å². The van der Waals surface area contributed by atoms with Gasteiger partial charge >= 0.3 is 0 Å². The van der Waals surface area contributed by atoms with Crippen molar-refractivity contribution in [2.75, 3.05) is 0 Å². The van der Waals surface area contributed by atoms with Crippen LogP contribution in [0.3, 0.4) is 0 Å². The van der Waals surface area contributed by atoms with E-state index in [1.54, 1.807) is 6.20 Å². The van der Waals surface area contributed by atoms with E-state index in [0.717, 1.165) is 11.0 Å². The van der Waals surface area contributed by atoms with E-state index in [1.165, 1.54) is 18.5 Å². The van der Waals surface area contributed by atoms with Crippen LogP contribution in [0.5, 0.6) is 0 Å². The van der Waals surface area contributed by atoms with E-state index in [-0.39, 0.29) is 0 Å². The lowest BCUT2D eigenvalue weighted by molar-refractivity contribution is 1.03. The standard InChI is InChI=1S/C11H10N2/c1-2-9-5-6-10(8-3-4-8)13-11(9)12-7-1/h1-2,5-8H,3-4H2. The predicted molar refractivity (Wildman–Crippen MR) is 51.5 cm³/mol. The number of pyridine rings is 2. The fourth-order valence-electron chi connectivity index (χ4n) is 1.57. The fraction of sp³-hybridized carbons (Fsp3) is 0.273. The molecular formula is C11H10N2. The van der Waals surface area contributed by atoms with Gasteiger partial charge in [-0.25, -0.2) is 9.97 Å². The summed E-state index contributed by atoms with van der Waals surface area (Å²) in [6.07, 6.45) is 4.39. The zero-order valence-electron chi connectivity index (χ0n) is 7.27. The molecule has 0 atom stereocenters. The molecule has 0 aliphatic heterocycles. The first kappa shape index (κ1) is 7.01. The van der Waals surface area contributed by atoms with Crippen molar-refractivity contribution in [2.24, 2.45) is 0 Å². The molecule has 0 bridgehead atoms. The molecule has 2 heteroatoms. The smallest absolute Gasteiger partial charge is 0.159 e. The molecule has 1 aliphatic carbocycles. The van der Waals surface area contributed by atoms with Gasteiger partial charge in [0.2, 0.25) is 0 Å². The van der Waals surface area contributed by atoms with Crippen LogP contribution in [0.25, 0.3) is 11.0 Å². The summed E-state index contributed by atoms with van der Waals surface area (Å²) in [7, 11) is 0. The number of hydrogen-bond donors (Lipinski definition) is 0. The molecule has 0 aromatic carbocycles. The van der Waals surface area contributed by atoms with E-state index in [4.69, 9.17) is 0 Å². The van der Waals surface area contributed by atoms with Crippen molar-refractivity contribution in [2.45, 2.75) is 18.8 Å². The summed E-state index contributed by atoms with van der Waals surface area (Å²) < 4.78 is 0. The molecule has 0 spiro atoms. The van der Waals surface area contributed by atoms with E-state index in [0.29, 0.717) is 5.92 Å². The van der Waals surface area contributed by atoms with Gasteiger partial charge in [-0.15, -0.1) is 0 Å². The van der Waals surface area contributed by atoms with Gasteiger partial charge in [0.25, 0.3) is 0 Å². The van der Waals surface area contributed by atoms with Crippen LogP contribution in [-0.4, -0.2) is 9.97 Å². The highest BCUT2D eigenvalue weighted by Crippen LogP contribution is 2.39. The minimum absolute atomic E-state index is 0.714. The van der Waals surface area contributed by atoms with E-state index in [2.05, 4.69) is 22.1 Å². The van der Waals surface area contributed by atoms with Gasteiger partial charge in [-0.1, -0.05) is 0 Å². The van der Waals surface area contributed by atoms with E-state index >= 15 is 0 Å². The van der Waals surface area contributed by atoms with Crippen molar-refractivity contribution < 1.29 is 0 Å². The minimum atomic E-state index is 0.714. The number of aromatic nitrogens is 2. The van der Waals surface area contributed by atoms with Gasteiger partial charge in [0.05, 0.1) is 0 Å². The summed E-state index contributed by atoms with van der Waals surface area (Å²) in [6, 6.07) is 8.23. The summed E-state index contributed by atoms with van der Waals surface area (Å²) in [6.45, 7) is 0. The zero-order valence-corrected chi connectivity index (χ0v) is 7.27. The second kappa shape index (κ2) is 2.52. The maximum Gasteiger partial charge on any atom is 0.159 e. The maximum absolute atomic E-state index is 4.53. The quantitative estimate of drug-likeness (QED) is 0.657. The Kier molecular flexibility index (Phi) is 1.36. The molecule has 3 rings (SSSR count). The highest BCUT2D eigenvalue weighted by molar-refractivity contribution is 5.74. The normalized spacial score (nSPS) is 16.3. The Labute approximate surface area is 76.6 Å². The molecule has 0 N–H and O–H groups in total. The van der Waals surface area contributed by atoms with Gasteiger partial charge in [-0.2, -0.15) is 0 Å². The lowest BCUT2D eigenvalue weighted by Gasteiger charge is -1.98. The third-order valence-corrected chi connectivity index (χ3v) is 2.48. The van der Waals surface area contributed by atoms with Crippen LogP contribution in [0.15, 0.2) is 30.5 Å². The Morgan fingerprint density at radius 2 is 2.08 bits per heavy atom. The molecule has 0 radical (unpaired) electrons. The first-order chi connectivity index (χ1) is 6.43. The van der Waals surface area contributed by atoms with Gasteiger partial charge in [0.15, 0.2) is 5.65 Å². The van der Waals surface area contributed by atoms with Gasteiger partial charge in [0, 0.05) is 23.2 Å². The van der Waals surface area contributed by atoms with Crippen molar-refractivity contribution in [3.05, 3.63) is 36.2 Å². The van der Waals surface area contributed by atoms with Gasteiger partial charge in [-0.05, 0) is 37.1 Å². The number of rotatable bonds is 1. The van der Waals surface area contributed by atoms with E-state index in [9.17, 15) is 0 Å². The number of hydrogen-bond acceptors (Lipinski definition) is 2. The first-order valence-electron chi connectivity index (χ1n) is 4.65. The molecule has 2 nitrogen and oxygen atoms in total. The summed E-state index contributed by atoms with van der Waals surface area (Å²) in [5.74, 6) is 0.714. The van der Waals surface area contributed by atoms with Crippen LogP contribution in [0.1, 0.15) is 24.5 Å². The van der Waals surface area contributed by atoms with Crippen molar-refractivity contribution >= 4 is 11.0 Å². The molecule has 64 valence electrons. The second-order valence-corrected chi connectivity index (χ2v) is 3.56. The molecule has 0 amide bonds. The van der Waals surface area contributed by atoms with Crippen molar-refractivity contribution in [3.63, 3.8) is 0 Å². The third-order valence-electron chi connectivity index (χ3n) is 2.48. The van der Waals surface area contributed by atoms with Crippen molar-refractivity contribution in [1.82, 2.24) is 9.97 Å². The highest BCUT2D eigenvalue weighted by Gasteiger charge is 2.24. The predicted octanol–water partition coefficient (Wildman–Crippen LogP) is 2.51. The zero-order chi connectivity index (χ0) is 8.67. The van der Waals surface area contributed by atoms with Gasteiger partial charge in [0.1, 0.15) is 0 Å². The monoisotopic (exact) mass is 170 g/mol. The Morgan fingerprint density at radius 3 is 2.92 bits per heavy atom. The summed E-state index contributed by atoms with van der Waals surface area (Å²) in [5.41, 5.74) is 2.10. The Hall–Kier alpha value is -1.44. The topological polar surface area (TPSA) is 25.8 Å². The minimum Gasteiger partial charge on any atom is -0.237 e. The lowest BCUT2D eigenvalue weighted by atomic mass is 10.2. The first-order valence-corrected chi connectivity index (χ1v) is 4.65. The molecule has 1 fully saturated rings. The largest absolute Gasteiger partial charge is 0.237 e. The lowest BCUT2D eigenvalue weighted by Crippen LogP contribution is -1.88. The van der Waals surface area contributed by atoms with Crippen LogP contribution < -0.4 is 0 Å². The van der Waals surface area contributed by atoms with Crippen LogP contribution in [0.2, 0.25) is 0 Å². The van der Waals surface area contributed by atoms with Crippen molar-refractivity contribution in [3.8, 4) is 0 Å². The van der Waals surface area contributed by atoms with Gasteiger partial charge in [-0.3, -0.25) is 0 Å². The molecule has 0 saturated heterocycles. The molecule has 13 heavy (non-hydrogen) atoms. The van der Waals surface area contributed by atoms with Gasteiger partial charge < -0.3 is 0 Å². The molecule has 2 heterocycles. The average molecular weight is 170 g/mol. The van der Waals surface area contributed by atoms with E-state index < -0.39 is 0 Å². The maximum atomic E-state index is 4.53. The number of fused-ring (bicyclic) bond motifs is 1. The van der Waals surface area contributed by atoms with Crippen LogP contribution in [0, 0.1) is 0 Å². The SMILES string of the molecule is c1cnc2nc(C3CC3)ccc2c1. The highest BCUT2D eigenvalue weighted by atomic mass is 14.8. The average Bonchev–Trinajstić information content (AvgIpc) is 3.00. The number of nitrogens with zero attached hydrogens (tertiary/aromatic N) is 2. The third kappa shape index (κ3) is 1.18. The van der Waals surface area contributed by atoms with Crippen LogP contribution in [0.4, 0.5) is 0 Å². The molecule has 1 aliphatic rings. The molecule has 2 aromatic heterocycles. The Morgan fingerprint density at radius 1 is 1.15 bits per heavy atom. The fourth-order valence-corrected chi connectivity index (χ4v) is 1.57. The Bertz CT molecular complexity index is 447. The summed E-state index contributed by atoms with van der Waals surface area (Å²) in [4.78, 5) is 8.77. The summed E-state index contributed by atoms with van der Waals surface area (Å²) in [5, 5.41) is 1.13.